The molecule has 0 aliphatic carbocycles. The molecule has 1 aromatic carbocycles. The SMILES string of the molecule is CC(O)CN1C(=O)C(CC(=O)O)CCC1c1ccc(Cl)cc1. The van der Waals surface area contributed by atoms with Crippen LogP contribution in [-0.2, 0) is 9.59 Å². The fourth-order valence-electron chi connectivity index (χ4n) is 2.96. The number of hydrogen-bond donors (Lipinski definition) is 2. The number of hydrogen-bond acceptors (Lipinski definition) is 3. The van der Waals surface area contributed by atoms with E-state index in [9.17, 15) is 14.7 Å². The van der Waals surface area contributed by atoms with Gasteiger partial charge in [-0.1, -0.05) is 23.7 Å². The van der Waals surface area contributed by atoms with Gasteiger partial charge in [-0.2, -0.15) is 0 Å². The Kier molecular flexibility index (Phi) is 5.42. The van der Waals surface area contributed by atoms with Crippen LogP contribution in [0.15, 0.2) is 24.3 Å². The summed E-state index contributed by atoms with van der Waals surface area (Å²) in [6.07, 6.45) is 0.386. The lowest BCUT2D eigenvalue weighted by molar-refractivity contribution is -0.150. The third-order valence-corrected chi connectivity index (χ3v) is 4.19. The quantitative estimate of drug-likeness (QED) is 0.871. The van der Waals surface area contributed by atoms with Gasteiger partial charge in [-0.3, -0.25) is 9.59 Å². The highest BCUT2D eigenvalue weighted by Gasteiger charge is 2.37. The molecular formula is C16H20ClNO4. The molecule has 1 fully saturated rings. The molecule has 0 radical (unpaired) electrons. The van der Waals surface area contributed by atoms with Gasteiger partial charge in [0, 0.05) is 17.5 Å². The van der Waals surface area contributed by atoms with Gasteiger partial charge in [0.05, 0.1) is 18.6 Å². The Morgan fingerprint density at radius 2 is 2.00 bits per heavy atom. The Balaban J connectivity index is 2.24. The van der Waals surface area contributed by atoms with E-state index in [1.807, 2.05) is 12.1 Å². The highest BCUT2D eigenvalue weighted by molar-refractivity contribution is 6.30. The highest BCUT2D eigenvalue weighted by atomic mass is 35.5. The lowest BCUT2D eigenvalue weighted by atomic mass is 9.86. The number of aliphatic carboxylic acids is 1. The van der Waals surface area contributed by atoms with Crippen LogP contribution in [0.4, 0.5) is 0 Å². The minimum Gasteiger partial charge on any atom is -0.481 e. The molecule has 1 aromatic rings. The first-order valence-corrected chi connectivity index (χ1v) is 7.72. The van der Waals surface area contributed by atoms with Crippen molar-refractivity contribution in [1.29, 1.82) is 0 Å². The first-order chi connectivity index (χ1) is 10.4. The number of carboxylic acids is 1. The van der Waals surface area contributed by atoms with Gasteiger partial charge in [0.15, 0.2) is 0 Å². The molecule has 1 aliphatic heterocycles. The second kappa shape index (κ2) is 7.11. The number of halogens is 1. The molecule has 1 heterocycles. The average Bonchev–Trinajstić information content (AvgIpc) is 2.44. The maximum Gasteiger partial charge on any atom is 0.304 e. The number of β-amino-alcohol motifs (C(OH)–C–C–N with tert-alkyl or cyclic N) is 1. The van der Waals surface area contributed by atoms with Crippen molar-refractivity contribution in [2.45, 2.75) is 38.3 Å². The number of amides is 1. The van der Waals surface area contributed by atoms with Gasteiger partial charge in [0.2, 0.25) is 5.91 Å². The van der Waals surface area contributed by atoms with Crippen LogP contribution in [0.5, 0.6) is 0 Å². The van der Waals surface area contributed by atoms with E-state index < -0.39 is 18.0 Å². The third-order valence-electron chi connectivity index (χ3n) is 3.93. The molecule has 0 aromatic heterocycles. The number of aliphatic hydroxyl groups excluding tert-OH is 1. The lowest BCUT2D eigenvalue weighted by Gasteiger charge is -2.40. The third kappa shape index (κ3) is 3.99. The van der Waals surface area contributed by atoms with Crippen molar-refractivity contribution >= 4 is 23.5 Å². The van der Waals surface area contributed by atoms with Crippen molar-refractivity contribution in [1.82, 2.24) is 4.90 Å². The maximum atomic E-state index is 12.6. The van der Waals surface area contributed by atoms with Crippen molar-refractivity contribution in [3.63, 3.8) is 0 Å². The van der Waals surface area contributed by atoms with Crippen molar-refractivity contribution in [3.8, 4) is 0 Å². The summed E-state index contributed by atoms with van der Waals surface area (Å²) in [6.45, 7) is 1.81. The number of piperidine rings is 1. The molecule has 5 nitrogen and oxygen atoms in total. The van der Waals surface area contributed by atoms with E-state index in [1.165, 1.54) is 0 Å². The molecule has 2 rings (SSSR count). The Morgan fingerprint density at radius 1 is 1.36 bits per heavy atom. The Morgan fingerprint density at radius 3 is 2.55 bits per heavy atom. The van der Waals surface area contributed by atoms with Crippen molar-refractivity contribution in [2.24, 2.45) is 5.92 Å². The number of carboxylic acid groups (broad SMARTS) is 1. The zero-order valence-electron chi connectivity index (χ0n) is 12.4. The van der Waals surface area contributed by atoms with E-state index in [1.54, 1.807) is 24.0 Å². The summed E-state index contributed by atoms with van der Waals surface area (Å²) >= 11 is 5.89. The van der Waals surface area contributed by atoms with E-state index in [0.29, 0.717) is 17.9 Å². The number of likely N-dealkylation sites (tertiary alicyclic amines) is 1. The molecule has 0 saturated carbocycles. The molecule has 3 atom stereocenters. The van der Waals surface area contributed by atoms with Crippen molar-refractivity contribution in [2.75, 3.05) is 6.54 Å². The topological polar surface area (TPSA) is 77.8 Å². The van der Waals surface area contributed by atoms with Crippen LogP contribution in [0.3, 0.4) is 0 Å². The molecule has 1 aliphatic rings. The van der Waals surface area contributed by atoms with Crippen LogP contribution >= 0.6 is 11.6 Å². The molecule has 3 unspecified atom stereocenters. The zero-order chi connectivity index (χ0) is 16.3. The summed E-state index contributed by atoms with van der Waals surface area (Å²) in [4.78, 5) is 25.1. The summed E-state index contributed by atoms with van der Waals surface area (Å²) in [5, 5.41) is 19.2. The van der Waals surface area contributed by atoms with E-state index in [2.05, 4.69) is 0 Å². The molecule has 6 heteroatoms. The number of carbonyl (C=O) groups is 2. The first-order valence-electron chi connectivity index (χ1n) is 7.34. The van der Waals surface area contributed by atoms with Gasteiger partial charge in [-0.25, -0.2) is 0 Å². The number of carbonyl (C=O) groups excluding carboxylic acids is 1. The molecule has 1 saturated heterocycles. The normalized spacial score (nSPS) is 23.4. The first kappa shape index (κ1) is 16.8. The number of rotatable bonds is 5. The summed E-state index contributed by atoms with van der Waals surface area (Å²) < 4.78 is 0. The Hall–Kier alpha value is -1.59. The van der Waals surface area contributed by atoms with E-state index in [-0.39, 0.29) is 24.9 Å². The maximum absolute atomic E-state index is 12.6. The minimum atomic E-state index is -0.972. The largest absolute Gasteiger partial charge is 0.481 e. The fourth-order valence-corrected chi connectivity index (χ4v) is 3.09. The van der Waals surface area contributed by atoms with E-state index in [0.717, 1.165) is 5.56 Å². The number of benzene rings is 1. The van der Waals surface area contributed by atoms with Gasteiger partial charge in [-0.15, -0.1) is 0 Å². The van der Waals surface area contributed by atoms with Crippen molar-refractivity contribution in [3.05, 3.63) is 34.9 Å². The standard InChI is InChI=1S/C16H20ClNO4/c1-10(19)9-18-14(11-2-5-13(17)6-3-11)7-4-12(16(18)22)8-15(20)21/h2-3,5-6,10,12,14,19H,4,7-9H2,1H3,(H,20,21). The summed E-state index contributed by atoms with van der Waals surface area (Å²) in [5.74, 6) is -1.69. The van der Waals surface area contributed by atoms with Crippen molar-refractivity contribution < 1.29 is 19.8 Å². The predicted molar refractivity (Wildman–Crippen MR) is 82.6 cm³/mol. The molecule has 1 amide bonds. The van der Waals surface area contributed by atoms with Crippen LogP contribution in [0.2, 0.25) is 5.02 Å². The Bertz CT molecular complexity index is 544. The zero-order valence-corrected chi connectivity index (χ0v) is 13.2. The smallest absolute Gasteiger partial charge is 0.304 e. The van der Waals surface area contributed by atoms with E-state index >= 15 is 0 Å². The van der Waals surface area contributed by atoms with Crippen LogP contribution < -0.4 is 0 Å². The van der Waals surface area contributed by atoms with Gasteiger partial charge in [-0.05, 0) is 37.5 Å². The highest BCUT2D eigenvalue weighted by Crippen LogP contribution is 2.36. The van der Waals surface area contributed by atoms with Crippen LogP contribution in [-0.4, -0.2) is 39.6 Å². The van der Waals surface area contributed by atoms with Gasteiger partial charge in [0.1, 0.15) is 0 Å². The summed E-state index contributed by atoms with van der Waals surface area (Å²) in [5.41, 5.74) is 0.951. The van der Waals surface area contributed by atoms with Crippen LogP contribution in [0, 0.1) is 5.92 Å². The number of nitrogens with zero attached hydrogens (tertiary/aromatic N) is 1. The second-order valence-electron chi connectivity index (χ2n) is 5.78. The molecule has 0 spiro atoms. The molecule has 120 valence electrons. The van der Waals surface area contributed by atoms with Gasteiger partial charge in [0.25, 0.3) is 0 Å². The van der Waals surface area contributed by atoms with Crippen LogP contribution in [0.25, 0.3) is 0 Å². The summed E-state index contributed by atoms with van der Waals surface area (Å²) in [7, 11) is 0. The summed E-state index contributed by atoms with van der Waals surface area (Å²) in [6, 6.07) is 7.13. The molecule has 0 bridgehead atoms. The van der Waals surface area contributed by atoms with Gasteiger partial charge >= 0.3 is 5.97 Å². The number of aliphatic hydroxyl groups is 1. The Labute approximate surface area is 134 Å². The van der Waals surface area contributed by atoms with E-state index in [4.69, 9.17) is 16.7 Å². The second-order valence-corrected chi connectivity index (χ2v) is 6.22. The predicted octanol–water partition coefficient (Wildman–Crippen LogP) is 2.48. The van der Waals surface area contributed by atoms with Crippen LogP contribution in [0.1, 0.15) is 37.8 Å². The molecular weight excluding hydrogens is 306 g/mol. The minimum absolute atomic E-state index is 0.149. The fraction of sp³-hybridized carbons (Fsp3) is 0.500. The molecule has 2 N–H and O–H groups in total. The lowest BCUT2D eigenvalue weighted by Crippen LogP contribution is -2.46. The average molecular weight is 326 g/mol. The monoisotopic (exact) mass is 325 g/mol. The molecule has 22 heavy (non-hydrogen) atoms. The van der Waals surface area contributed by atoms with Gasteiger partial charge < -0.3 is 15.1 Å².